The predicted molar refractivity (Wildman–Crippen MR) is 116 cm³/mol. The van der Waals surface area contributed by atoms with Crippen LogP contribution in [0.2, 0.25) is 0 Å². The molecule has 0 radical (unpaired) electrons. The molecule has 0 bridgehead atoms. The molecule has 0 saturated carbocycles. The Hall–Kier alpha value is -4.40. The average Bonchev–Trinajstić information content (AvgIpc) is 2.77. The van der Waals surface area contributed by atoms with Crippen molar-refractivity contribution in [2.75, 3.05) is 18.5 Å². The predicted octanol–water partition coefficient (Wildman–Crippen LogP) is 2.36. The molecule has 9 heteroatoms. The quantitative estimate of drug-likeness (QED) is 0.398. The first kappa shape index (κ1) is 18.9. The Kier molecular flexibility index (Phi) is 5.00. The van der Waals surface area contributed by atoms with E-state index in [9.17, 15) is 4.79 Å². The second kappa shape index (κ2) is 7.92. The largest absolute Gasteiger partial charge is 0.382 e. The number of fused-ring (bicyclic) bond motifs is 1. The van der Waals surface area contributed by atoms with E-state index < -0.39 is 5.91 Å². The van der Waals surface area contributed by atoms with Crippen LogP contribution in [0.15, 0.2) is 65.8 Å². The summed E-state index contributed by atoms with van der Waals surface area (Å²) in [6, 6.07) is 18.7. The van der Waals surface area contributed by atoms with Gasteiger partial charge in [0.25, 0.3) is 5.91 Å². The summed E-state index contributed by atoms with van der Waals surface area (Å²) in [6.45, 7) is 0. The molecular formula is C21H18N8O. The van der Waals surface area contributed by atoms with Crippen LogP contribution in [0.5, 0.6) is 0 Å². The second-order valence-electron chi connectivity index (χ2n) is 6.41. The van der Waals surface area contributed by atoms with Gasteiger partial charge >= 0.3 is 0 Å². The molecular weight excluding hydrogens is 380 g/mol. The number of nitrogens with two attached hydrogens (primary N) is 2. The van der Waals surface area contributed by atoms with Gasteiger partial charge in [-0.05, 0) is 5.56 Å². The molecule has 2 aromatic heterocycles. The van der Waals surface area contributed by atoms with Gasteiger partial charge in [0, 0.05) is 12.6 Å². The Labute approximate surface area is 172 Å². The normalized spacial score (nSPS) is 11.1. The molecule has 4 N–H and O–H groups in total. The van der Waals surface area contributed by atoms with Gasteiger partial charge < -0.3 is 11.5 Å². The van der Waals surface area contributed by atoms with E-state index >= 15 is 0 Å². The molecule has 0 fully saturated rings. The van der Waals surface area contributed by atoms with Gasteiger partial charge in [0.1, 0.15) is 0 Å². The minimum Gasteiger partial charge on any atom is -0.382 e. The molecule has 2 aromatic carbocycles. The first-order valence-electron chi connectivity index (χ1n) is 9.06. The van der Waals surface area contributed by atoms with Gasteiger partial charge in [0.05, 0.1) is 6.21 Å². The molecule has 0 atom stereocenters. The third-order valence-corrected chi connectivity index (χ3v) is 4.29. The first-order valence-corrected chi connectivity index (χ1v) is 9.06. The SMILES string of the molecule is CN(N=Cc1ccccc1)C(=O)c1nc2c(N)nc(-c3ccccc3)nc2nc1N. The zero-order chi connectivity index (χ0) is 21.1. The smallest absolute Gasteiger partial charge is 0.296 e. The van der Waals surface area contributed by atoms with E-state index in [0.29, 0.717) is 5.82 Å². The monoisotopic (exact) mass is 398 g/mol. The van der Waals surface area contributed by atoms with Crippen LogP contribution in [0.1, 0.15) is 16.1 Å². The van der Waals surface area contributed by atoms with Crippen molar-refractivity contribution in [1.29, 1.82) is 0 Å². The lowest BCUT2D eigenvalue weighted by molar-refractivity contribution is 0.0795. The number of benzene rings is 2. The standard InChI is InChI=1S/C21H18N8O/c1-29(24-12-13-8-4-2-5-9-13)21(30)16-18(23)27-20-15(25-16)17(22)26-19(28-20)14-10-6-3-7-11-14/h2-12H,1H3,(H4,22,23,26,27,28). The highest BCUT2D eigenvalue weighted by molar-refractivity contribution is 5.99. The maximum atomic E-state index is 12.8. The van der Waals surface area contributed by atoms with Gasteiger partial charge in [-0.25, -0.2) is 24.9 Å². The second-order valence-corrected chi connectivity index (χ2v) is 6.41. The van der Waals surface area contributed by atoms with E-state index in [0.717, 1.165) is 16.1 Å². The fourth-order valence-corrected chi connectivity index (χ4v) is 2.75. The van der Waals surface area contributed by atoms with Crippen LogP contribution in [-0.4, -0.2) is 44.1 Å². The number of aromatic nitrogens is 4. The Balaban J connectivity index is 1.68. The Morgan fingerprint density at radius 1 is 0.900 bits per heavy atom. The van der Waals surface area contributed by atoms with Crippen molar-refractivity contribution in [1.82, 2.24) is 24.9 Å². The van der Waals surface area contributed by atoms with Crippen molar-refractivity contribution in [3.05, 3.63) is 71.9 Å². The van der Waals surface area contributed by atoms with Crippen LogP contribution in [0.3, 0.4) is 0 Å². The molecule has 0 aliphatic carbocycles. The summed E-state index contributed by atoms with van der Waals surface area (Å²) in [7, 11) is 1.51. The molecule has 1 amide bonds. The molecule has 0 saturated heterocycles. The number of carbonyl (C=O) groups excluding carboxylic acids is 1. The molecule has 148 valence electrons. The number of hydrogen-bond donors (Lipinski definition) is 2. The Morgan fingerprint density at radius 2 is 1.57 bits per heavy atom. The third kappa shape index (κ3) is 3.76. The molecule has 4 rings (SSSR count). The van der Waals surface area contributed by atoms with Crippen LogP contribution < -0.4 is 11.5 Å². The lowest BCUT2D eigenvalue weighted by Crippen LogP contribution is -2.24. The summed E-state index contributed by atoms with van der Waals surface area (Å²) < 4.78 is 0. The van der Waals surface area contributed by atoms with Crippen LogP contribution in [0, 0.1) is 0 Å². The van der Waals surface area contributed by atoms with E-state index in [2.05, 4.69) is 25.0 Å². The van der Waals surface area contributed by atoms with Gasteiger partial charge in [-0.15, -0.1) is 0 Å². The molecule has 2 heterocycles. The van der Waals surface area contributed by atoms with E-state index in [4.69, 9.17) is 11.5 Å². The van der Waals surface area contributed by atoms with E-state index in [-0.39, 0.29) is 28.5 Å². The molecule has 9 nitrogen and oxygen atoms in total. The highest BCUT2D eigenvalue weighted by Crippen LogP contribution is 2.23. The van der Waals surface area contributed by atoms with E-state index in [1.807, 2.05) is 60.7 Å². The minimum absolute atomic E-state index is 0.0635. The number of nitrogens with zero attached hydrogens (tertiary/aromatic N) is 6. The zero-order valence-corrected chi connectivity index (χ0v) is 16.1. The van der Waals surface area contributed by atoms with Crippen molar-refractivity contribution in [2.24, 2.45) is 5.10 Å². The van der Waals surface area contributed by atoms with Crippen LogP contribution in [-0.2, 0) is 0 Å². The molecule has 0 unspecified atom stereocenters. The summed E-state index contributed by atoms with van der Waals surface area (Å²) in [5, 5.41) is 5.27. The Bertz CT molecular complexity index is 1240. The third-order valence-electron chi connectivity index (χ3n) is 4.29. The fourth-order valence-electron chi connectivity index (χ4n) is 2.75. The van der Waals surface area contributed by atoms with E-state index in [1.54, 1.807) is 6.21 Å². The van der Waals surface area contributed by atoms with Crippen molar-refractivity contribution in [2.45, 2.75) is 0 Å². The van der Waals surface area contributed by atoms with E-state index in [1.165, 1.54) is 7.05 Å². The van der Waals surface area contributed by atoms with Crippen LogP contribution in [0.4, 0.5) is 11.6 Å². The van der Waals surface area contributed by atoms with Gasteiger partial charge in [0.2, 0.25) is 0 Å². The number of rotatable bonds is 4. The molecule has 0 aliphatic heterocycles. The molecule has 4 aromatic rings. The lowest BCUT2D eigenvalue weighted by Gasteiger charge is -2.12. The van der Waals surface area contributed by atoms with Crippen molar-refractivity contribution in [3.63, 3.8) is 0 Å². The number of amides is 1. The topological polar surface area (TPSA) is 136 Å². The first-order chi connectivity index (χ1) is 14.5. The van der Waals surface area contributed by atoms with Crippen LogP contribution >= 0.6 is 0 Å². The number of anilines is 2. The zero-order valence-electron chi connectivity index (χ0n) is 16.1. The summed E-state index contributed by atoms with van der Waals surface area (Å²) >= 11 is 0. The summed E-state index contributed by atoms with van der Waals surface area (Å²) in [6.07, 6.45) is 1.56. The number of nitrogen functional groups attached to an aromatic ring is 2. The molecule has 0 spiro atoms. The van der Waals surface area contributed by atoms with Gasteiger partial charge in [0.15, 0.2) is 34.3 Å². The van der Waals surface area contributed by atoms with Crippen molar-refractivity contribution in [3.8, 4) is 11.4 Å². The highest BCUT2D eigenvalue weighted by atomic mass is 16.2. The number of carbonyl (C=O) groups is 1. The molecule has 30 heavy (non-hydrogen) atoms. The van der Waals surface area contributed by atoms with Crippen molar-refractivity contribution < 1.29 is 4.79 Å². The summed E-state index contributed by atoms with van der Waals surface area (Å²) in [4.78, 5) is 30.0. The highest BCUT2D eigenvalue weighted by Gasteiger charge is 2.20. The maximum absolute atomic E-state index is 12.8. The van der Waals surface area contributed by atoms with Gasteiger partial charge in [-0.1, -0.05) is 60.7 Å². The average molecular weight is 398 g/mol. The summed E-state index contributed by atoms with van der Waals surface area (Å²) in [5.74, 6) is -0.0826. The fraction of sp³-hybridized carbons (Fsp3) is 0.0476. The number of hydrogen-bond acceptors (Lipinski definition) is 8. The van der Waals surface area contributed by atoms with Gasteiger partial charge in [-0.2, -0.15) is 5.10 Å². The summed E-state index contributed by atoms with van der Waals surface area (Å²) in [5.41, 5.74) is 14.0. The van der Waals surface area contributed by atoms with Crippen LogP contribution in [0.25, 0.3) is 22.6 Å². The minimum atomic E-state index is -0.527. The van der Waals surface area contributed by atoms with Crippen molar-refractivity contribution >= 4 is 34.9 Å². The number of hydrazone groups is 1. The lowest BCUT2D eigenvalue weighted by atomic mass is 10.2. The van der Waals surface area contributed by atoms with Gasteiger partial charge in [-0.3, -0.25) is 4.79 Å². The Morgan fingerprint density at radius 3 is 2.27 bits per heavy atom. The molecule has 0 aliphatic rings. The maximum Gasteiger partial charge on any atom is 0.296 e.